The third-order valence-corrected chi connectivity index (χ3v) is 5.81. The molecule has 34 heavy (non-hydrogen) atoms. The summed E-state index contributed by atoms with van der Waals surface area (Å²) in [5.74, 6) is -0.771. The highest BCUT2D eigenvalue weighted by atomic mass is 19.1. The summed E-state index contributed by atoms with van der Waals surface area (Å²) in [7, 11) is 0. The van der Waals surface area contributed by atoms with E-state index in [1.54, 1.807) is 29.1 Å². The normalized spacial score (nSPS) is 20.2. The van der Waals surface area contributed by atoms with Crippen LogP contribution in [0.1, 0.15) is 51.3 Å². The quantitative estimate of drug-likeness (QED) is 0.485. The van der Waals surface area contributed by atoms with E-state index in [0.29, 0.717) is 24.2 Å². The molecule has 0 unspecified atom stereocenters. The highest BCUT2D eigenvalue weighted by Gasteiger charge is 2.35. The zero-order valence-electron chi connectivity index (χ0n) is 19.8. The van der Waals surface area contributed by atoms with Crippen LogP contribution in [0.25, 0.3) is 0 Å². The van der Waals surface area contributed by atoms with Gasteiger partial charge in [-0.2, -0.15) is 0 Å². The van der Waals surface area contributed by atoms with Crippen molar-refractivity contribution in [1.29, 1.82) is 0 Å². The van der Waals surface area contributed by atoms with Crippen LogP contribution in [0, 0.1) is 5.82 Å². The third kappa shape index (κ3) is 6.94. The maximum atomic E-state index is 13.4. The Hall–Kier alpha value is -3.11. The second-order valence-corrected chi connectivity index (χ2v) is 8.55. The SMILES string of the molecule is CCC(CC)O[C@@H]1C=C(C(=O)NCc2cn(Cc3cccc(F)c3)nn2)C[C@H](N)[C@H]1NC(C)=O. The number of carbonyl (C=O) groups excluding carboxylic acids is 2. The lowest BCUT2D eigenvalue weighted by atomic mass is 9.87. The van der Waals surface area contributed by atoms with Crippen LogP contribution in [0.4, 0.5) is 4.39 Å². The van der Waals surface area contributed by atoms with Crippen LogP contribution in [-0.4, -0.2) is 51.1 Å². The molecule has 4 N–H and O–H groups in total. The van der Waals surface area contributed by atoms with Crippen LogP contribution >= 0.6 is 0 Å². The number of halogens is 1. The Labute approximate surface area is 198 Å². The summed E-state index contributed by atoms with van der Waals surface area (Å²) in [5, 5.41) is 13.8. The molecule has 0 fully saturated rings. The monoisotopic (exact) mass is 472 g/mol. The van der Waals surface area contributed by atoms with Gasteiger partial charge in [-0.05, 0) is 43.0 Å². The molecule has 2 aromatic rings. The fourth-order valence-electron chi connectivity index (χ4n) is 4.02. The summed E-state index contributed by atoms with van der Waals surface area (Å²) in [4.78, 5) is 24.6. The summed E-state index contributed by atoms with van der Waals surface area (Å²) in [6, 6.07) is 5.41. The minimum atomic E-state index is -0.495. The highest BCUT2D eigenvalue weighted by Crippen LogP contribution is 2.23. The van der Waals surface area contributed by atoms with E-state index in [4.69, 9.17) is 10.5 Å². The highest BCUT2D eigenvalue weighted by molar-refractivity contribution is 5.93. The van der Waals surface area contributed by atoms with Crippen molar-refractivity contribution in [3.05, 3.63) is 59.2 Å². The van der Waals surface area contributed by atoms with Crippen molar-refractivity contribution in [3.8, 4) is 0 Å². The first-order valence-corrected chi connectivity index (χ1v) is 11.6. The van der Waals surface area contributed by atoms with E-state index in [1.165, 1.54) is 19.1 Å². The first-order valence-electron chi connectivity index (χ1n) is 11.6. The fraction of sp³-hybridized carbons (Fsp3) is 0.500. The van der Waals surface area contributed by atoms with Crippen LogP contribution in [0.3, 0.4) is 0 Å². The fourth-order valence-corrected chi connectivity index (χ4v) is 4.02. The molecule has 0 bridgehead atoms. The minimum absolute atomic E-state index is 0.000230. The molecule has 0 spiro atoms. The first kappa shape index (κ1) is 25.5. The number of aromatic nitrogens is 3. The number of rotatable bonds is 10. The van der Waals surface area contributed by atoms with Gasteiger partial charge in [-0.15, -0.1) is 5.10 Å². The summed E-state index contributed by atoms with van der Waals surface area (Å²) < 4.78 is 21.1. The molecule has 184 valence electrons. The Morgan fingerprint density at radius 3 is 2.76 bits per heavy atom. The van der Waals surface area contributed by atoms with Crippen LogP contribution in [0.15, 0.2) is 42.1 Å². The Balaban J connectivity index is 1.64. The van der Waals surface area contributed by atoms with Gasteiger partial charge in [0.25, 0.3) is 0 Å². The van der Waals surface area contributed by atoms with Gasteiger partial charge in [-0.3, -0.25) is 9.59 Å². The van der Waals surface area contributed by atoms with Crippen LogP contribution in [0.5, 0.6) is 0 Å². The van der Waals surface area contributed by atoms with Crippen molar-refractivity contribution >= 4 is 11.8 Å². The molecule has 1 heterocycles. The van der Waals surface area contributed by atoms with Crippen molar-refractivity contribution in [3.63, 3.8) is 0 Å². The maximum absolute atomic E-state index is 13.4. The molecule has 1 aliphatic rings. The van der Waals surface area contributed by atoms with Gasteiger partial charge in [0, 0.05) is 18.5 Å². The van der Waals surface area contributed by atoms with E-state index in [9.17, 15) is 14.0 Å². The van der Waals surface area contributed by atoms with Crippen molar-refractivity contribution in [2.24, 2.45) is 5.73 Å². The average Bonchev–Trinajstić information content (AvgIpc) is 3.24. The topological polar surface area (TPSA) is 124 Å². The minimum Gasteiger partial charge on any atom is -0.369 e. The molecule has 0 radical (unpaired) electrons. The van der Waals surface area contributed by atoms with E-state index < -0.39 is 18.2 Å². The summed E-state index contributed by atoms with van der Waals surface area (Å²) >= 11 is 0. The second-order valence-electron chi connectivity index (χ2n) is 8.55. The Kier molecular flexibility index (Phi) is 8.89. The van der Waals surface area contributed by atoms with Crippen LogP contribution < -0.4 is 16.4 Å². The number of hydrogen-bond acceptors (Lipinski definition) is 6. The van der Waals surface area contributed by atoms with Crippen LogP contribution in [0.2, 0.25) is 0 Å². The summed E-state index contributed by atoms with van der Waals surface area (Å²) in [6.07, 6.45) is 4.92. The summed E-state index contributed by atoms with van der Waals surface area (Å²) in [5.41, 5.74) is 8.18. The lowest BCUT2D eigenvalue weighted by Crippen LogP contribution is -2.57. The molecule has 0 aliphatic heterocycles. The van der Waals surface area contributed by atoms with Crippen molar-refractivity contribution < 1.29 is 18.7 Å². The van der Waals surface area contributed by atoms with Crippen LogP contribution in [-0.2, 0) is 27.4 Å². The average molecular weight is 473 g/mol. The number of carbonyl (C=O) groups is 2. The van der Waals surface area contributed by atoms with Gasteiger partial charge >= 0.3 is 0 Å². The largest absolute Gasteiger partial charge is 0.369 e. The predicted octanol–water partition coefficient (Wildman–Crippen LogP) is 1.82. The molecule has 9 nitrogen and oxygen atoms in total. The molecule has 1 aromatic heterocycles. The van der Waals surface area contributed by atoms with Gasteiger partial charge in [-0.25, -0.2) is 9.07 Å². The van der Waals surface area contributed by atoms with E-state index >= 15 is 0 Å². The number of amides is 2. The van der Waals surface area contributed by atoms with Crippen molar-refractivity contribution in [2.75, 3.05) is 0 Å². The Morgan fingerprint density at radius 2 is 2.09 bits per heavy atom. The standard InChI is InChI=1S/C24H33FN6O3/c1-4-20(5-2)34-22-11-17(10-21(26)23(22)28-15(3)32)24(33)27-12-19-14-31(30-29-19)13-16-7-6-8-18(25)9-16/h6-9,11,14,20-23H,4-5,10,12-13,26H2,1-3H3,(H,27,33)(H,28,32)/t21-,22+,23+/m0/s1. The van der Waals surface area contributed by atoms with Gasteiger partial charge in [0.05, 0.1) is 37.5 Å². The zero-order chi connectivity index (χ0) is 24.7. The van der Waals surface area contributed by atoms with E-state index in [1.807, 2.05) is 13.8 Å². The molecule has 0 saturated carbocycles. The van der Waals surface area contributed by atoms with E-state index in [0.717, 1.165) is 18.4 Å². The Morgan fingerprint density at radius 1 is 1.32 bits per heavy atom. The third-order valence-electron chi connectivity index (χ3n) is 5.81. The van der Waals surface area contributed by atoms with Gasteiger partial charge in [0.2, 0.25) is 11.8 Å². The van der Waals surface area contributed by atoms with Gasteiger partial charge in [0.1, 0.15) is 11.5 Å². The Bertz CT molecular complexity index is 1020. The predicted molar refractivity (Wildman–Crippen MR) is 125 cm³/mol. The molecular weight excluding hydrogens is 439 g/mol. The van der Waals surface area contributed by atoms with Gasteiger partial charge in [-0.1, -0.05) is 31.2 Å². The van der Waals surface area contributed by atoms with Gasteiger partial charge in [0.15, 0.2) is 0 Å². The second kappa shape index (κ2) is 11.8. The lowest BCUT2D eigenvalue weighted by Gasteiger charge is -2.36. The number of ether oxygens (including phenoxy) is 1. The summed E-state index contributed by atoms with van der Waals surface area (Å²) in [6.45, 7) is 6.06. The molecule has 0 saturated heterocycles. The maximum Gasteiger partial charge on any atom is 0.247 e. The van der Waals surface area contributed by atoms with Crippen molar-refractivity contribution in [1.82, 2.24) is 25.6 Å². The van der Waals surface area contributed by atoms with E-state index in [2.05, 4.69) is 20.9 Å². The molecule has 10 heteroatoms. The molecular formula is C24H33FN6O3. The molecule has 2 amide bonds. The molecule has 3 atom stereocenters. The lowest BCUT2D eigenvalue weighted by molar-refractivity contribution is -0.121. The van der Waals surface area contributed by atoms with E-state index in [-0.39, 0.29) is 30.3 Å². The molecule has 1 aliphatic carbocycles. The number of benzene rings is 1. The number of nitrogens with one attached hydrogen (secondary N) is 2. The zero-order valence-corrected chi connectivity index (χ0v) is 19.8. The smallest absolute Gasteiger partial charge is 0.247 e. The van der Waals surface area contributed by atoms with Gasteiger partial charge < -0.3 is 21.1 Å². The van der Waals surface area contributed by atoms with Crippen molar-refractivity contribution in [2.45, 2.75) is 77.4 Å². The number of nitrogens with two attached hydrogens (primary N) is 1. The number of nitrogens with zero attached hydrogens (tertiary/aromatic N) is 3. The number of hydrogen-bond donors (Lipinski definition) is 3. The first-order chi connectivity index (χ1) is 16.3. The molecule has 1 aromatic carbocycles. The molecule has 3 rings (SSSR count).